The van der Waals surface area contributed by atoms with Gasteiger partial charge in [-0.15, -0.1) is 10.2 Å². The number of aromatic nitrogens is 4. The number of fused-ring (bicyclic) bond motifs is 1. The summed E-state index contributed by atoms with van der Waals surface area (Å²) in [6, 6.07) is 17.6. The van der Waals surface area contributed by atoms with Crippen LogP contribution in [0.4, 0.5) is 10.2 Å². The fourth-order valence-electron chi connectivity index (χ4n) is 4.64. The van der Waals surface area contributed by atoms with E-state index in [0.29, 0.717) is 6.04 Å². The van der Waals surface area contributed by atoms with E-state index in [0.717, 1.165) is 66.0 Å². The maximum atomic E-state index is 13.2. The molecular formula is C25H27FN6. The van der Waals surface area contributed by atoms with Crippen LogP contribution in [0.2, 0.25) is 0 Å². The maximum absolute atomic E-state index is 13.2. The van der Waals surface area contributed by atoms with E-state index in [1.54, 1.807) is 6.20 Å². The summed E-state index contributed by atoms with van der Waals surface area (Å²) in [5, 5.41) is 15.8. The Balaban J connectivity index is 1.33. The van der Waals surface area contributed by atoms with Gasteiger partial charge in [-0.05, 0) is 43.7 Å². The lowest BCUT2D eigenvalue weighted by atomic mass is 10.0. The van der Waals surface area contributed by atoms with Gasteiger partial charge in [0.05, 0.1) is 5.69 Å². The quantitative estimate of drug-likeness (QED) is 0.473. The van der Waals surface area contributed by atoms with E-state index in [2.05, 4.69) is 50.3 Å². The topological polar surface area (TPSA) is 50.1 Å². The lowest BCUT2D eigenvalue weighted by Gasteiger charge is -2.37. The van der Waals surface area contributed by atoms with Crippen molar-refractivity contribution in [2.75, 3.05) is 25.0 Å². The number of anilines is 1. The van der Waals surface area contributed by atoms with E-state index in [1.165, 1.54) is 12.1 Å². The molecule has 5 rings (SSSR count). The summed E-state index contributed by atoms with van der Waals surface area (Å²) in [6.07, 6.45) is 3.89. The van der Waals surface area contributed by atoms with Crippen LogP contribution in [0.5, 0.6) is 0 Å². The van der Waals surface area contributed by atoms with Crippen molar-refractivity contribution in [2.45, 2.75) is 25.4 Å². The standard InChI is InChI=1S/C25H27FN6/c1-30(17-18-7-9-19(26)10-8-18)20-12-15-32(16-13-20)25-22-6-4-3-5-21(22)24(28-29-25)23-11-14-27-31(23)2/h3-11,14,20H,12-13,15-17H2,1-2H3. The highest BCUT2D eigenvalue weighted by Crippen LogP contribution is 2.32. The lowest BCUT2D eigenvalue weighted by Crippen LogP contribution is -2.43. The summed E-state index contributed by atoms with van der Waals surface area (Å²) in [4.78, 5) is 4.73. The van der Waals surface area contributed by atoms with Gasteiger partial charge in [0.15, 0.2) is 5.82 Å². The molecule has 0 spiro atoms. The van der Waals surface area contributed by atoms with Gasteiger partial charge in [-0.25, -0.2) is 4.39 Å². The first-order chi connectivity index (χ1) is 15.6. The Labute approximate surface area is 187 Å². The van der Waals surface area contributed by atoms with Crippen molar-refractivity contribution in [3.8, 4) is 11.4 Å². The van der Waals surface area contributed by atoms with Gasteiger partial charge in [-0.3, -0.25) is 9.58 Å². The first-order valence-electron chi connectivity index (χ1n) is 11.0. The number of aryl methyl sites for hydroxylation is 1. The number of nitrogens with zero attached hydrogens (tertiary/aromatic N) is 6. The largest absolute Gasteiger partial charge is 0.354 e. The molecule has 0 bridgehead atoms. The second kappa shape index (κ2) is 8.67. The monoisotopic (exact) mass is 430 g/mol. The zero-order chi connectivity index (χ0) is 22.1. The van der Waals surface area contributed by atoms with Crippen molar-refractivity contribution in [2.24, 2.45) is 7.05 Å². The molecule has 1 fully saturated rings. The number of piperidine rings is 1. The first-order valence-corrected chi connectivity index (χ1v) is 11.0. The Kier molecular flexibility index (Phi) is 5.57. The molecule has 1 aliphatic heterocycles. The zero-order valence-corrected chi connectivity index (χ0v) is 18.4. The molecule has 7 heteroatoms. The summed E-state index contributed by atoms with van der Waals surface area (Å²) in [5.74, 6) is 0.763. The van der Waals surface area contributed by atoms with Crippen molar-refractivity contribution < 1.29 is 4.39 Å². The molecule has 4 aromatic rings. The van der Waals surface area contributed by atoms with E-state index in [9.17, 15) is 4.39 Å². The molecule has 0 atom stereocenters. The van der Waals surface area contributed by atoms with Crippen LogP contribution in [0, 0.1) is 5.82 Å². The highest BCUT2D eigenvalue weighted by Gasteiger charge is 2.25. The highest BCUT2D eigenvalue weighted by molar-refractivity contribution is 5.99. The van der Waals surface area contributed by atoms with Gasteiger partial charge in [0.25, 0.3) is 0 Å². The summed E-state index contributed by atoms with van der Waals surface area (Å²) >= 11 is 0. The van der Waals surface area contributed by atoms with Crippen LogP contribution in [0.15, 0.2) is 60.8 Å². The minimum Gasteiger partial charge on any atom is -0.354 e. The maximum Gasteiger partial charge on any atom is 0.159 e. The van der Waals surface area contributed by atoms with Crippen LogP contribution in [-0.2, 0) is 13.6 Å². The van der Waals surface area contributed by atoms with E-state index < -0.39 is 0 Å². The van der Waals surface area contributed by atoms with Crippen molar-refractivity contribution in [3.05, 3.63) is 72.2 Å². The number of hydrogen-bond donors (Lipinski definition) is 0. The molecule has 0 N–H and O–H groups in total. The summed E-state index contributed by atoms with van der Waals surface area (Å²) in [7, 11) is 4.08. The van der Waals surface area contributed by atoms with Gasteiger partial charge in [-0.2, -0.15) is 5.10 Å². The second-order valence-corrected chi connectivity index (χ2v) is 8.52. The highest BCUT2D eigenvalue weighted by atomic mass is 19.1. The van der Waals surface area contributed by atoms with Gasteiger partial charge in [0.2, 0.25) is 0 Å². The van der Waals surface area contributed by atoms with Gasteiger partial charge in [0.1, 0.15) is 11.5 Å². The van der Waals surface area contributed by atoms with Crippen LogP contribution in [0.1, 0.15) is 18.4 Å². The molecule has 0 unspecified atom stereocenters. The van der Waals surface area contributed by atoms with Gasteiger partial charge >= 0.3 is 0 Å². The molecule has 1 aliphatic rings. The average Bonchev–Trinajstić information content (AvgIpc) is 3.25. The molecule has 2 aromatic heterocycles. The SMILES string of the molecule is CN(Cc1ccc(F)cc1)C1CCN(c2nnc(-c3ccnn3C)c3ccccc23)CC1. The summed E-state index contributed by atoms with van der Waals surface area (Å²) in [5.41, 5.74) is 2.96. The third-order valence-corrected chi connectivity index (χ3v) is 6.46. The number of halogens is 1. The Morgan fingerprint density at radius 3 is 2.38 bits per heavy atom. The Morgan fingerprint density at radius 2 is 1.69 bits per heavy atom. The second-order valence-electron chi connectivity index (χ2n) is 8.52. The fraction of sp³-hybridized carbons (Fsp3) is 0.320. The smallest absolute Gasteiger partial charge is 0.159 e. The molecule has 3 heterocycles. The summed E-state index contributed by atoms with van der Waals surface area (Å²) < 4.78 is 15.0. The van der Waals surface area contributed by atoms with Crippen molar-refractivity contribution in [3.63, 3.8) is 0 Å². The van der Waals surface area contributed by atoms with Crippen LogP contribution in [-0.4, -0.2) is 51.1 Å². The third-order valence-electron chi connectivity index (χ3n) is 6.46. The van der Waals surface area contributed by atoms with E-state index in [1.807, 2.05) is 36.0 Å². The van der Waals surface area contributed by atoms with Crippen LogP contribution >= 0.6 is 0 Å². The van der Waals surface area contributed by atoms with Gasteiger partial charge < -0.3 is 4.90 Å². The van der Waals surface area contributed by atoms with E-state index in [-0.39, 0.29) is 5.82 Å². The van der Waals surface area contributed by atoms with Gasteiger partial charge in [0, 0.05) is 49.7 Å². The van der Waals surface area contributed by atoms with Gasteiger partial charge in [-0.1, -0.05) is 36.4 Å². The molecule has 0 aliphatic carbocycles. The minimum absolute atomic E-state index is 0.188. The van der Waals surface area contributed by atoms with Crippen LogP contribution in [0.3, 0.4) is 0 Å². The molecule has 1 saturated heterocycles. The van der Waals surface area contributed by atoms with Crippen molar-refractivity contribution in [1.29, 1.82) is 0 Å². The molecule has 0 saturated carbocycles. The Morgan fingerprint density at radius 1 is 0.969 bits per heavy atom. The van der Waals surface area contributed by atoms with Crippen LogP contribution < -0.4 is 4.90 Å². The van der Waals surface area contributed by atoms with Crippen molar-refractivity contribution >= 4 is 16.6 Å². The lowest BCUT2D eigenvalue weighted by molar-refractivity contribution is 0.200. The molecule has 2 aromatic carbocycles. The predicted molar refractivity (Wildman–Crippen MR) is 125 cm³/mol. The molecule has 0 amide bonds. The van der Waals surface area contributed by atoms with Crippen molar-refractivity contribution in [1.82, 2.24) is 24.9 Å². The number of benzene rings is 2. The van der Waals surface area contributed by atoms with Crippen LogP contribution in [0.25, 0.3) is 22.2 Å². The normalized spacial score (nSPS) is 15.1. The first kappa shape index (κ1) is 20.6. The average molecular weight is 431 g/mol. The van der Waals surface area contributed by atoms with E-state index >= 15 is 0 Å². The third kappa shape index (κ3) is 3.96. The molecule has 0 radical (unpaired) electrons. The summed E-state index contributed by atoms with van der Waals surface area (Å²) in [6.45, 7) is 2.69. The molecule has 164 valence electrons. The van der Waals surface area contributed by atoms with E-state index in [4.69, 9.17) is 0 Å². The molecule has 32 heavy (non-hydrogen) atoms. The predicted octanol–water partition coefficient (Wildman–Crippen LogP) is 4.27. The minimum atomic E-state index is -0.188. The number of rotatable bonds is 5. The molecule has 6 nitrogen and oxygen atoms in total. The zero-order valence-electron chi connectivity index (χ0n) is 18.4. The fourth-order valence-corrected chi connectivity index (χ4v) is 4.64. The Bertz CT molecular complexity index is 1210. The molecular weight excluding hydrogens is 403 g/mol. The Hall–Kier alpha value is -3.32. The number of hydrogen-bond acceptors (Lipinski definition) is 5.